The number of carbonyl (C=O) groups excluding carboxylic acids is 3. The summed E-state index contributed by atoms with van der Waals surface area (Å²) in [6, 6.07) is 11.6. The van der Waals surface area contributed by atoms with E-state index in [-0.39, 0.29) is 11.8 Å². The lowest BCUT2D eigenvalue weighted by Gasteiger charge is -2.32. The van der Waals surface area contributed by atoms with Crippen LogP contribution in [0.3, 0.4) is 0 Å². The molecule has 0 atom stereocenters. The number of aromatic nitrogens is 1. The third-order valence-corrected chi connectivity index (χ3v) is 4.10. The Morgan fingerprint density at radius 1 is 1.26 bits per heavy atom. The van der Waals surface area contributed by atoms with Gasteiger partial charge in [0.05, 0.1) is 0 Å². The summed E-state index contributed by atoms with van der Waals surface area (Å²) >= 11 is 0. The van der Waals surface area contributed by atoms with Gasteiger partial charge in [0.1, 0.15) is 0 Å². The molecule has 1 aromatic carbocycles. The fourth-order valence-electron chi connectivity index (χ4n) is 2.60. The lowest BCUT2D eigenvalue weighted by molar-refractivity contribution is -0.124. The summed E-state index contributed by atoms with van der Waals surface area (Å²) in [4.78, 5) is 31.7. The number of amides is 3. The molecule has 0 unspecified atom stereocenters. The van der Waals surface area contributed by atoms with Gasteiger partial charge in [-0.15, -0.1) is 0 Å². The first-order valence-corrected chi connectivity index (χ1v) is 8.84. The first kappa shape index (κ1) is 20.2. The molecule has 0 radical (unpaired) electrons. The molecule has 8 heteroatoms. The lowest BCUT2D eigenvalue weighted by atomic mass is 9.82. The van der Waals surface area contributed by atoms with Gasteiger partial charge in [0.25, 0.3) is 5.91 Å². The van der Waals surface area contributed by atoms with E-state index in [9.17, 15) is 14.4 Å². The quantitative estimate of drug-likeness (QED) is 0.530. The first-order valence-electron chi connectivity index (χ1n) is 8.84. The molecule has 1 aromatic heterocycles. The summed E-state index contributed by atoms with van der Waals surface area (Å²) in [5.74, 6) is 0.982. The second-order valence-electron chi connectivity index (χ2n) is 6.35. The normalized spacial score (nSPS) is 17.6. The van der Waals surface area contributed by atoms with E-state index in [1.54, 1.807) is 13.0 Å². The van der Waals surface area contributed by atoms with Gasteiger partial charge in [0, 0.05) is 24.1 Å². The van der Waals surface area contributed by atoms with Crippen molar-refractivity contribution >= 4 is 18.2 Å². The smallest absolute Gasteiger partial charge is 0.273 e. The molecule has 0 aliphatic heterocycles. The van der Waals surface area contributed by atoms with E-state index in [0.29, 0.717) is 36.2 Å². The highest BCUT2D eigenvalue weighted by Crippen LogP contribution is 2.26. The monoisotopic (exact) mass is 372 g/mol. The Morgan fingerprint density at radius 3 is 2.56 bits per heavy atom. The maximum atomic E-state index is 12.0. The number of nitrogens with zero attached hydrogens (tertiary/aromatic N) is 1. The second kappa shape index (κ2) is 10.1. The Morgan fingerprint density at radius 2 is 1.96 bits per heavy atom. The molecule has 1 saturated carbocycles. The summed E-state index contributed by atoms with van der Waals surface area (Å²) in [5.41, 5.74) is 5.41. The maximum Gasteiger partial charge on any atom is 0.273 e. The van der Waals surface area contributed by atoms with Crippen LogP contribution in [0.25, 0.3) is 11.3 Å². The molecule has 1 heterocycles. The molecule has 27 heavy (non-hydrogen) atoms. The van der Waals surface area contributed by atoms with Gasteiger partial charge in [-0.25, -0.2) is 0 Å². The van der Waals surface area contributed by atoms with Crippen LogP contribution in [0, 0.1) is 5.92 Å². The average Bonchev–Trinajstić information content (AvgIpc) is 3.16. The summed E-state index contributed by atoms with van der Waals surface area (Å²) in [6.07, 6.45) is 2.89. The first-order chi connectivity index (χ1) is 13.0. The Kier molecular flexibility index (Phi) is 7.54. The number of nitrogens with one attached hydrogen (secondary N) is 3. The van der Waals surface area contributed by atoms with Crippen molar-refractivity contribution in [1.82, 2.24) is 21.3 Å². The van der Waals surface area contributed by atoms with Crippen LogP contribution in [0.2, 0.25) is 0 Å². The van der Waals surface area contributed by atoms with E-state index < -0.39 is 0 Å². The maximum absolute atomic E-state index is 12.0. The summed E-state index contributed by atoms with van der Waals surface area (Å²) in [7, 11) is 0. The highest BCUT2D eigenvalue weighted by atomic mass is 16.5. The molecule has 1 aliphatic carbocycles. The fourth-order valence-corrected chi connectivity index (χ4v) is 2.60. The molecule has 0 bridgehead atoms. The van der Waals surface area contributed by atoms with Crippen molar-refractivity contribution in [3.05, 3.63) is 42.1 Å². The zero-order chi connectivity index (χ0) is 19.6. The Labute approximate surface area is 157 Å². The van der Waals surface area contributed by atoms with Crippen LogP contribution in [-0.2, 0) is 9.59 Å². The number of hydrazine groups is 1. The molecular formula is C19H24N4O4. The zero-order valence-electron chi connectivity index (χ0n) is 15.4. The highest BCUT2D eigenvalue weighted by molar-refractivity contribution is 5.93. The van der Waals surface area contributed by atoms with Gasteiger partial charge >= 0.3 is 0 Å². The van der Waals surface area contributed by atoms with Gasteiger partial charge in [-0.2, -0.15) is 0 Å². The number of benzene rings is 1. The number of rotatable bonds is 6. The number of hydrogen-bond donors (Lipinski definition) is 3. The van der Waals surface area contributed by atoms with E-state index in [1.165, 1.54) is 0 Å². The number of carbonyl (C=O) groups is 3. The molecule has 3 N–H and O–H groups in total. The standard InChI is InChI=1S/C15H16N2O2.C4H8N2O2/c1-10-7-12(8-10)16-15(18)13-9-14(19-17-13)11-5-3-2-4-6-11;1-2-4(8)6-5-3-7/h2-6,9-10,12H,7-8H2,1H3,(H,16,18);3H,2H2,1H3,(H,5,7)(H,6,8). The van der Waals surface area contributed by atoms with Gasteiger partial charge < -0.3 is 9.84 Å². The molecular weight excluding hydrogens is 348 g/mol. The largest absolute Gasteiger partial charge is 0.355 e. The van der Waals surface area contributed by atoms with Crippen LogP contribution >= 0.6 is 0 Å². The van der Waals surface area contributed by atoms with E-state index in [2.05, 4.69) is 22.8 Å². The summed E-state index contributed by atoms with van der Waals surface area (Å²) in [5, 5.41) is 6.80. The summed E-state index contributed by atoms with van der Waals surface area (Å²) in [6.45, 7) is 3.88. The minimum atomic E-state index is -0.197. The van der Waals surface area contributed by atoms with Crippen molar-refractivity contribution in [2.45, 2.75) is 39.2 Å². The molecule has 144 valence electrons. The third kappa shape index (κ3) is 6.25. The van der Waals surface area contributed by atoms with Gasteiger partial charge in [0.15, 0.2) is 11.5 Å². The molecule has 1 fully saturated rings. The Bertz CT molecular complexity index is 754. The van der Waals surface area contributed by atoms with Crippen LogP contribution in [0.15, 0.2) is 40.9 Å². The van der Waals surface area contributed by atoms with Crippen molar-refractivity contribution < 1.29 is 18.9 Å². The SMILES string of the molecule is CC1CC(NC(=O)c2cc(-c3ccccc3)on2)C1.CCC(=O)NNC=O. The minimum absolute atomic E-state index is 0.150. The predicted molar refractivity (Wildman–Crippen MR) is 99.2 cm³/mol. The molecule has 3 rings (SSSR count). The van der Waals surface area contributed by atoms with E-state index in [0.717, 1.165) is 18.4 Å². The Balaban J connectivity index is 0.000000279. The van der Waals surface area contributed by atoms with E-state index >= 15 is 0 Å². The topological polar surface area (TPSA) is 113 Å². The van der Waals surface area contributed by atoms with E-state index in [4.69, 9.17) is 4.52 Å². The molecule has 0 saturated heterocycles. The van der Waals surface area contributed by atoms with Gasteiger partial charge in [-0.1, -0.05) is 49.3 Å². The second-order valence-corrected chi connectivity index (χ2v) is 6.35. The van der Waals surface area contributed by atoms with Crippen molar-refractivity contribution in [3.8, 4) is 11.3 Å². The van der Waals surface area contributed by atoms with Crippen molar-refractivity contribution in [2.75, 3.05) is 0 Å². The summed E-state index contributed by atoms with van der Waals surface area (Å²) < 4.78 is 5.22. The highest BCUT2D eigenvalue weighted by Gasteiger charge is 2.27. The average molecular weight is 372 g/mol. The van der Waals surface area contributed by atoms with Gasteiger partial charge in [-0.05, 0) is 18.8 Å². The molecule has 2 aromatic rings. The van der Waals surface area contributed by atoms with Crippen molar-refractivity contribution in [2.24, 2.45) is 5.92 Å². The Hall–Kier alpha value is -3.16. The molecule has 8 nitrogen and oxygen atoms in total. The zero-order valence-corrected chi connectivity index (χ0v) is 15.4. The molecule has 3 amide bonds. The van der Waals surface area contributed by atoms with Crippen molar-refractivity contribution in [3.63, 3.8) is 0 Å². The minimum Gasteiger partial charge on any atom is -0.355 e. The lowest BCUT2D eigenvalue weighted by Crippen LogP contribution is -2.43. The number of hydrogen-bond acceptors (Lipinski definition) is 5. The molecule has 1 aliphatic rings. The van der Waals surface area contributed by atoms with Crippen molar-refractivity contribution in [1.29, 1.82) is 0 Å². The fraction of sp³-hybridized carbons (Fsp3) is 0.368. The van der Waals surface area contributed by atoms with Crippen LogP contribution in [0.5, 0.6) is 0 Å². The van der Waals surface area contributed by atoms with Crippen LogP contribution < -0.4 is 16.2 Å². The predicted octanol–water partition coefficient (Wildman–Crippen LogP) is 2.04. The third-order valence-electron chi connectivity index (χ3n) is 4.10. The van der Waals surface area contributed by atoms with Crippen LogP contribution in [-0.4, -0.2) is 29.4 Å². The van der Waals surface area contributed by atoms with Gasteiger partial charge in [0.2, 0.25) is 12.3 Å². The van der Waals surface area contributed by atoms with Gasteiger partial charge in [-0.3, -0.25) is 25.2 Å². The van der Waals surface area contributed by atoms with E-state index in [1.807, 2.05) is 35.8 Å². The van der Waals surface area contributed by atoms with Crippen LogP contribution in [0.1, 0.15) is 43.6 Å². The van der Waals surface area contributed by atoms with Crippen LogP contribution in [0.4, 0.5) is 0 Å². The molecule has 0 spiro atoms.